The first-order valence-corrected chi connectivity index (χ1v) is 4.49. The summed E-state index contributed by atoms with van der Waals surface area (Å²) in [7, 11) is 0. The normalized spacial score (nSPS) is 10.4. The van der Waals surface area contributed by atoms with Gasteiger partial charge >= 0.3 is 0 Å². The molecule has 4 nitrogen and oxygen atoms in total. The molecule has 2 aromatic rings. The van der Waals surface area contributed by atoms with Crippen LogP contribution < -0.4 is 5.73 Å². The molecule has 0 saturated carbocycles. The SMILES string of the molecule is Cc1nn(-c2ncccc2N)cc1Cl. The van der Waals surface area contributed by atoms with Crippen LogP contribution in [-0.4, -0.2) is 14.8 Å². The number of hydrogen-bond donors (Lipinski definition) is 1. The van der Waals surface area contributed by atoms with Gasteiger partial charge in [0.2, 0.25) is 0 Å². The summed E-state index contributed by atoms with van der Waals surface area (Å²) in [5.41, 5.74) is 7.08. The molecule has 0 aliphatic heterocycles. The zero-order valence-electron chi connectivity index (χ0n) is 7.61. The van der Waals surface area contributed by atoms with Crippen LogP contribution in [0.5, 0.6) is 0 Å². The lowest BCUT2D eigenvalue weighted by molar-refractivity contribution is 0.835. The maximum Gasteiger partial charge on any atom is 0.176 e. The summed E-state index contributed by atoms with van der Waals surface area (Å²) in [4.78, 5) is 4.12. The number of anilines is 1. The van der Waals surface area contributed by atoms with Crippen LogP contribution in [0.25, 0.3) is 5.82 Å². The van der Waals surface area contributed by atoms with Crippen molar-refractivity contribution >= 4 is 17.3 Å². The molecule has 0 atom stereocenters. The quantitative estimate of drug-likeness (QED) is 0.778. The Kier molecular flexibility index (Phi) is 2.13. The van der Waals surface area contributed by atoms with E-state index in [1.807, 2.05) is 6.92 Å². The fraction of sp³-hybridized carbons (Fsp3) is 0.111. The van der Waals surface area contributed by atoms with E-state index in [0.29, 0.717) is 16.5 Å². The van der Waals surface area contributed by atoms with Crippen molar-refractivity contribution in [2.45, 2.75) is 6.92 Å². The van der Waals surface area contributed by atoms with Gasteiger partial charge in [0.15, 0.2) is 5.82 Å². The van der Waals surface area contributed by atoms with Crippen molar-refractivity contribution < 1.29 is 0 Å². The van der Waals surface area contributed by atoms with E-state index in [9.17, 15) is 0 Å². The predicted octanol–water partition coefficient (Wildman–Crippen LogP) is 1.81. The molecule has 14 heavy (non-hydrogen) atoms. The van der Waals surface area contributed by atoms with Gasteiger partial charge in [-0.2, -0.15) is 5.10 Å². The van der Waals surface area contributed by atoms with Crippen LogP contribution in [0.2, 0.25) is 5.02 Å². The van der Waals surface area contributed by atoms with E-state index in [1.54, 1.807) is 29.2 Å². The van der Waals surface area contributed by atoms with Crippen LogP contribution >= 0.6 is 11.6 Å². The summed E-state index contributed by atoms with van der Waals surface area (Å²) in [6, 6.07) is 3.55. The molecule has 0 radical (unpaired) electrons. The van der Waals surface area contributed by atoms with Gasteiger partial charge in [0, 0.05) is 6.20 Å². The number of halogens is 1. The van der Waals surface area contributed by atoms with E-state index >= 15 is 0 Å². The number of aromatic nitrogens is 3. The maximum atomic E-state index is 5.88. The fourth-order valence-corrected chi connectivity index (χ4v) is 1.28. The fourth-order valence-electron chi connectivity index (χ4n) is 1.15. The first kappa shape index (κ1) is 9.02. The minimum absolute atomic E-state index is 0.576. The molecule has 0 aliphatic carbocycles. The van der Waals surface area contributed by atoms with Crippen LogP contribution in [0.3, 0.4) is 0 Å². The average Bonchev–Trinajstić information content (AvgIpc) is 2.48. The molecule has 72 valence electrons. The highest BCUT2D eigenvalue weighted by molar-refractivity contribution is 6.31. The van der Waals surface area contributed by atoms with E-state index in [4.69, 9.17) is 17.3 Å². The summed E-state index contributed by atoms with van der Waals surface area (Å²) in [5, 5.41) is 4.79. The summed E-state index contributed by atoms with van der Waals surface area (Å²) in [5.74, 6) is 0.600. The molecule has 0 aromatic carbocycles. The van der Waals surface area contributed by atoms with Gasteiger partial charge in [0.25, 0.3) is 0 Å². The lowest BCUT2D eigenvalue weighted by Crippen LogP contribution is -2.02. The Balaban J connectivity index is 2.55. The third-order valence-electron chi connectivity index (χ3n) is 1.87. The van der Waals surface area contributed by atoms with Gasteiger partial charge in [-0.25, -0.2) is 9.67 Å². The molecule has 0 saturated heterocycles. The van der Waals surface area contributed by atoms with Crippen molar-refractivity contribution in [2.24, 2.45) is 0 Å². The van der Waals surface area contributed by atoms with E-state index in [1.165, 1.54) is 0 Å². The van der Waals surface area contributed by atoms with Crippen molar-refractivity contribution in [1.82, 2.24) is 14.8 Å². The van der Waals surface area contributed by atoms with Crippen LogP contribution in [0.4, 0.5) is 5.69 Å². The van der Waals surface area contributed by atoms with Crippen LogP contribution in [0, 0.1) is 6.92 Å². The molecular weight excluding hydrogens is 200 g/mol. The van der Waals surface area contributed by atoms with Crippen LogP contribution in [-0.2, 0) is 0 Å². The van der Waals surface area contributed by atoms with E-state index in [-0.39, 0.29) is 0 Å². The smallest absolute Gasteiger partial charge is 0.176 e. The second kappa shape index (κ2) is 3.31. The Morgan fingerprint density at radius 3 is 2.86 bits per heavy atom. The number of rotatable bonds is 1. The second-order valence-corrected chi connectivity index (χ2v) is 3.33. The molecule has 0 bridgehead atoms. The minimum atomic E-state index is 0.576. The van der Waals surface area contributed by atoms with Crippen molar-refractivity contribution in [1.29, 1.82) is 0 Å². The Morgan fingerprint density at radius 2 is 2.29 bits per heavy atom. The largest absolute Gasteiger partial charge is 0.396 e. The number of hydrogen-bond acceptors (Lipinski definition) is 3. The Morgan fingerprint density at radius 1 is 1.50 bits per heavy atom. The second-order valence-electron chi connectivity index (χ2n) is 2.92. The number of pyridine rings is 1. The number of nitrogens with two attached hydrogens (primary N) is 1. The van der Waals surface area contributed by atoms with Gasteiger partial charge in [0.05, 0.1) is 22.6 Å². The molecule has 0 fully saturated rings. The highest BCUT2D eigenvalue weighted by atomic mass is 35.5. The molecule has 2 heterocycles. The summed E-state index contributed by atoms with van der Waals surface area (Å²) < 4.78 is 1.58. The van der Waals surface area contributed by atoms with Crippen LogP contribution in [0.15, 0.2) is 24.5 Å². The third kappa shape index (κ3) is 1.44. The van der Waals surface area contributed by atoms with E-state index in [0.717, 1.165) is 5.69 Å². The Hall–Kier alpha value is -1.55. The molecular formula is C9H9ClN4. The first-order chi connectivity index (χ1) is 6.68. The first-order valence-electron chi connectivity index (χ1n) is 4.11. The third-order valence-corrected chi connectivity index (χ3v) is 2.24. The van der Waals surface area contributed by atoms with Gasteiger partial charge in [-0.05, 0) is 19.1 Å². The van der Waals surface area contributed by atoms with Crippen molar-refractivity contribution in [3.05, 3.63) is 35.2 Å². The molecule has 2 N–H and O–H groups in total. The summed E-state index contributed by atoms with van der Waals surface area (Å²) in [6.07, 6.45) is 3.35. The standard InChI is InChI=1S/C9H9ClN4/c1-6-7(10)5-14(13-6)9-8(11)3-2-4-12-9/h2-5H,11H2,1H3. The molecule has 2 rings (SSSR count). The topological polar surface area (TPSA) is 56.7 Å². The molecule has 0 spiro atoms. The Bertz CT molecular complexity index is 444. The zero-order valence-corrected chi connectivity index (χ0v) is 8.36. The summed E-state index contributed by atoms with van der Waals surface area (Å²) >= 11 is 5.88. The minimum Gasteiger partial charge on any atom is -0.396 e. The summed E-state index contributed by atoms with van der Waals surface area (Å²) in [6.45, 7) is 1.83. The van der Waals surface area contributed by atoms with E-state index < -0.39 is 0 Å². The van der Waals surface area contributed by atoms with Crippen molar-refractivity contribution in [3.63, 3.8) is 0 Å². The molecule has 0 unspecified atom stereocenters. The maximum absolute atomic E-state index is 5.88. The van der Waals surface area contributed by atoms with Gasteiger partial charge < -0.3 is 5.73 Å². The zero-order chi connectivity index (χ0) is 10.1. The average molecular weight is 209 g/mol. The molecule has 0 aliphatic rings. The molecule has 2 aromatic heterocycles. The van der Waals surface area contributed by atoms with E-state index in [2.05, 4.69) is 10.1 Å². The number of nitrogen functional groups attached to an aromatic ring is 1. The molecule has 5 heteroatoms. The highest BCUT2D eigenvalue weighted by Gasteiger charge is 2.06. The number of nitrogens with zero attached hydrogens (tertiary/aromatic N) is 3. The lowest BCUT2D eigenvalue weighted by atomic mass is 10.4. The predicted molar refractivity (Wildman–Crippen MR) is 55.5 cm³/mol. The number of aryl methyl sites for hydroxylation is 1. The highest BCUT2D eigenvalue weighted by Crippen LogP contribution is 2.18. The Labute approximate surface area is 86.3 Å². The molecule has 0 amide bonds. The van der Waals surface area contributed by atoms with Gasteiger partial charge in [-0.15, -0.1) is 0 Å². The van der Waals surface area contributed by atoms with Crippen LogP contribution in [0.1, 0.15) is 5.69 Å². The van der Waals surface area contributed by atoms with Gasteiger partial charge in [-0.1, -0.05) is 11.6 Å². The lowest BCUT2D eigenvalue weighted by Gasteiger charge is -2.02. The van der Waals surface area contributed by atoms with Gasteiger partial charge in [-0.3, -0.25) is 0 Å². The van der Waals surface area contributed by atoms with Gasteiger partial charge in [0.1, 0.15) is 0 Å². The van der Waals surface area contributed by atoms with Crippen molar-refractivity contribution in [3.8, 4) is 5.82 Å². The monoisotopic (exact) mass is 208 g/mol. The van der Waals surface area contributed by atoms with Crippen molar-refractivity contribution in [2.75, 3.05) is 5.73 Å².